The van der Waals surface area contributed by atoms with Gasteiger partial charge in [0, 0.05) is 17.5 Å². The smallest absolute Gasteiger partial charge is 0.345 e. The predicted octanol–water partition coefficient (Wildman–Crippen LogP) is 2.16. The second-order valence-electron chi connectivity index (χ2n) is 4.22. The first kappa shape index (κ1) is 17.7. The maximum Gasteiger partial charge on any atom is 0.345 e. The zero-order chi connectivity index (χ0) is 16.7. The number of nitro groups is 1. The summed E-state index contributed by atoms with van der Waals surface area (Å²) >= 11 is 1.34. The summed E-state index contributed by atoms with van der Waals surface area (Å²) in [6.45, 7) is 5.08. The summed E-state index contributed by atoms with van der Waals surface area (Å²) < 4.78 is 4.99. The van der Waals surface area contributed by atoms with Crippen LogP contribution in [0.25, 0.3) is 0 Å². The average molecular weight is 324 g/mol. The Morgan fingerprint density at radius 2 is 2.23 bits per heavy atom. The number of thioether (sulfide) groups is 1. The maximum atomic E-state index is 12.1. The van der Waals surface area contributed by atoms with Crippen molar-refractivity contribution in [3.8, 4) is 0 Å². The van der Waals surface area contributed by atoms with Gasteiger partial charge in [0.25, 0.3) is 11.6 Å². The van der Waals surface area contributed by atoms with Gasteiger partial charge in [-0.1, -0.05) is 6.08 Å². The SMILES string of the molecule is C=CCNC(=O)C(C)OC(=O)c1cc(SC)ccc1[N+](=O)[O-]. The maximum absolute atomic E-state index is 12.1. The van der Waals surface area contributed by atoms with Crippen molar-refractivity contribution in [2.45, 2.75) is 17.9 Å². The van der Waals surface area contributed by atoms with Gasteiger partial charge < -0.3 is 10.1 Å². The highest BCUT2D eigenvalue weighted by atomic mass is 32.2. The molecule has 0 fully saturated rings. The Morgan fingerprint density at radius 1 is 1.55 bits per heavy atom. The Labute approximate surface area is 131 Å². The largest absolute Gasteiger partial charge is 0.449 e. The number of ether oxygens (including phenoxy) is 1. The number of nitro benzene ring substituents is 1. The Morgan fingerprint density at radius 3 is 2.77 bits per heavy atom. The molecule has 0 spiro atoms. The summed E-state index contributed by atoms with van der Waals surface area (Å²) in [5.74, 6) is -1.42. The highest BCUT2D eigenvalue weighted by Gasteiger charge is 2.25. The molecule has 1 aromatic carbocycles. The van der Waals surface area contributed by atoms with Crippen molar-refractivity contribution in [1.29, 1.82) is 0 Å². The molecule has 22 heavy (non-hydrogen) atoms. The molecular formula is C14H16N2O5S. The molecular weight excluding hydrogens is 308 g/mol. The molecule has 0 saturated carbocycles. The highest BCUT2D eigenvalue weighted by molar-refractivity contribution is 7.98. The molecule has 1 rings (SSSR count). The Kier molecular flexibility index (Phi) is 6.58. The topological polar surface area (TPSA) is 98.5 Å². The second-order valence-corrected chi connectivity index (χ2v) is 5.10. The lowest BCUT2D eigenvalue weighted by Gasteiger charge is -2.13. The number of hydrogen-bond acceptors (Lipinski definition) is 6. The molecule has 1 unspecified atom stereocenters. The fraction of sp³-hybridized carbons (Fsp3) is 0.286. The Bertz CT molecular complexity index is 603. The number of amides is 1. The van der Waals surface area contributed by atoms with Crippen LogP contribution in [0.1, 0.15) is 17.3 Å². The lowest BCUT2D eigenvalue weighted by atomic mass is 10.2. The lowest BCUT2D eigenvalue weighted by molar-refractivity contribution is -0.385. The van der Waals surface area contributed by atoms with Gasteiger partial charge in [0.1, 0.15) is 5.56 Å². The van der Waals surface area contributed by atoms with Crippen LogP contribution in [-0.2, 0) is 9.53 Å². The van der Waals surface area contributed by atoms with E-state index in [4.69, 9.17) is 4.74 Å². The van der Waals surface area contributed by atoms with Crippen LogP contribution in [0.2, 0.25) is 0 Å². The molecule has 1 N–H and O–H groups in total. The van der Waals surface area contributed by atoms with E-state index in [1.54, 1.807) is 12.3 Å². The molecule has 1 amide bonds. The highest BCUT2D eigenvalue weighted by Crippen LogP contribution is 2.25. The summed E-state index contributed by atoms with van der Waals surface area (Å²) in [4.78, 5) is 34.7. The monoisotopic (exact) mass is 324 g/mol. The molecule has 0 aliphatic rings. The molecule has 0 aliphatic heterocycles. The molecule has 7 nitrogen and oxygen atoms in total. The predicted molar refractivity (Wildman–Crippen MR) is 83.0 cm³/mol. The van der Waals surface area contributed by atoms with E-state index in [-0.39, 0.29) is 17.8 Å². The minimum absolute atomic E-state index is 0.180. The molecule has 1 aromatic rings. The number of hydrogen-bond donors (Lipinski definition) is 1. The number of carbonyl (C=O) groups excluding carboxylic acids is 2. The minimum atomic E-state index is -1.06. The third-order valence-electron chi connectivity index (χ3n) is 2.69. The molecule has 0 radical (unpaired) electrons. The molecule has 0 saturated heterocycles. The van der Waals surface area contributed by atoms with Crippen LogP contribution in [0.5, 0.6) is 0 Å². The van der Waals surface area contributed by atoms with Crippen LogP contribution in [0.4, 0.5) is 5.69 Å². The Balaban J connectivity index is 2.94. The van der Waals surface area contributed by atoms with Crippen LogP contribution < -0.4 is 5.32 Å². The van der Waals surface area contributed by atoms with Gasteiger partial charge in [0.05, 0.1) is 4.92 Å². The average Bonchev–Trinajstić information content (AvgIpc) is 2.51. The summed E-state index contributed by atoms with van der Waals surface area (Å²) in [5.41, 5.74) is -0.540. The van der Waals surface area contributed by atoms with Crippen LogP contribution in [0, 0.1) is 10.1 Å². The van der Waals surface area contributed by atoms with E-state index in [1.807, 2.05) is 0 Å². The number of benzene rings is 1. The zero-order valence-corrected chi connectivity index (χ0v) is 13.0. The van der Waals surface area contributed by atoms with E-state index in [0.717, 1.165) is 0 Å². The fourth-order valence-electron chi connectivity index (χ4n) is 1.56. The fourth-order valence-corrected chi connectivity index (χ4v) is 2.00. The molecule has 1 atom stereocenters. The van der Waals surface area contributed by atoms with Crippen molar-refractivity contribution >= 4 is 29.3 Å². The van der Waals surface area contributed by atoms with Crippen LogP contribution in [0.15, 0.2) is 35.7 Å². The third kappa shape index (κ3) is 4.59. The van der Waals surface area contributed by atoms with Gasteiger partial charge in [-0.25, -0.2) is 4.79 Å². The van der Waals surface area contributed by atoms with Gasteiger partial charge in [0.15, 0.2) is 6.10 Å². The van der Waals surface area contributed by atoms with Crippen molar-refractivity contribution in [2.24, 2.45) is 0 Å². The van der Waals surface area contributed by atoms with Gasteiger partial charge >= 0.3 is 5.97 Å². The van der Waals surface area contributed by atoms with E-state index in [9.17, 15) is 19.7 Å². The summed E-state index contributed by atoms with van der Waals surface area (Å²) in [5, 5.41) is 13.5. The van der Waals surface area contributed by atoms with Crippen molar-refractivity contribution in [3.05, 3.63) is 46.5 Å². The first-order valence-electron chi connectivity index (χ1n) is 6.32. The number of nitrogens with zero attached hydrogens (tertiary/aromatic N) is 1. The second kappa shape index (κ2) is 8.18. The summed E-state index contributed by atoms with van der Waals surface area (Å²) in [6, 6.07) is 4.16. The van der Waals surface area contributed by atoms with Crippen LogP contribution in [-0.4, -0.2) is 35.7 Å². The number of nitrogens with one attached hydrogen (secondary N) is 1. The van der Waals surface area contributed by atoms with E-state index >= 15 is 0 Å². The standard InChI is InChI=1S/C14H16N2O5S/c1-4-7-15-13(17)9(2)21-14(18)11-8-10(22-3)5-6-12(11)16(19)20/h4-6,8-9H,1,7H2,2-3H3,(H,15,17). The lowest BCUT2D eigenvalue weighted by Crippen LogP contribution is -2.35. The first-order valence-corrected chi connectivity index (χ1v) is 7.55. The van der Waals surface area contributed by atoms with Gasteiger partial charge in [0.2, 0.25) is 0 Å². The Hall–Kier alpha value is -2.35. The molecule has 0 aliphatic carbocycles. The molecule has 118 valence electrons. The normalized spacial score (nSPS) is 11.4. The van der Waals surface area contributed by atoms with Crippen molar-refractivity contribution in [1.82, 2.24) is 5.32 Å². The zero-order valence-electron chi connectivity index (χ0n) is 12.2. The quantitative estimate of drug-likeness (QED) is 0.271. The summed E-state index contributed by atoms with van der Waals surface area (Å²) in [6.07, 6.45) is 2.20. The van der Waals surface area contributed by atoms with E-state index < -0.39 is 22.9 Å². The van der Waals surface area contributed by atoms with E-state index in [1.165, 1.54) is 36.9 Å². The minimum Gasteiger partial charge on any atom is -0.449 e. The molecule has 0 aromatic heterocycles. The van der Waals surface area contributed by atoms with Crippen LogP contribution >= 0.6 is 11.8 Å². The van der Waals surface area contributed by atoms with Gasteiger partial charge in [-0.2, -0.15) is 0 Å². The summed E-state index contributed by atoms with van der Waals surface area (Å²) in [7, 11) is 0. The van der Waals surface area contributed by atoms with Gasteiger partial charge in [-0.3, -0.25) is 14.9 Å². The molecule has 0 heterocycles. The number of rotatable bonds is 7. The number of carbonyl (C=O) groups is 2. The number of esters is 1. The van der Waals surface area contributed by atoms with Crippen molar-refractivity contribution in [2.75, 3.05) is 12.8 Å². The van der Waals surface area contributed by atoms with E-state index in [0.29, 0.717) is 4.90 Å². The third-order valence-corrected chi connectivity index (χ3v) is 3.42. The van der Waals surface area contributed by atoms with Gasteiger partial charge in [-0.05, 0) is 25.3 Å². The van der Waals surface area contributed by atoms with Crippen LogP contribution in [0.3, 0.4) is 0 Å². The van der Waals surface area contributed by atoms with Gasteiger partial charge in [-0.15, -0.1) is 18.3 Å². The van der Waals surface area contributed by atoms with Crippen molar-refractivity contribution < 1.29 is 19.2 Å². The van der Waals surface area contributed by atoms with Crippen molar-refractivity contribution in [3.63, 3.8) is 0 Å². The van der Waals surface area contributed by atoms with E-state index in [2.05, 4.69) is 11.9 Å². The molecule has 0 bridgehead atoms. The molecule has 8 heteroatoms. The first-order chi connectivity index (χ1) is 10.4.